The molecule has 0 aliphatic heterocycles. The number of hydrogen-bond donors (Lipinski definition) is 1. The average Bonchev–Trinajstić information content (AvgIpc) is 3.15. The van der Waals surface area contributed by atoms with E-state index in [9.17, 15) is 4.79 Å². The lowest BCUT2D eigenvalue weighted by Crippen LogP contribution is -2.22. The van der Waals surface area contributed by atoms with Gasteiger partial charge in [0.15, 0.2) is 17.1 Å². The Balaban J connectivity index is 1.65. The van der Waals surface area contributed by atoms with Crippen LogP contribution in [0, 0.1) is 0 Å². The Morgan fingerprint density at radius 1 is 0.774 bits per heavy atom. The third kappa shape index (κ3) is 2.73. The maximum absolute atomic E-state index is 13.5. The van der Waals surface area contributed by atoms with E-state index in [1.165, 1.54) is 10.7 Å². The molecule has 148 valence electrons. The molecule has 0 atom stereocenters. The third-order valence-corrected chi connectivity index (χ3v) is 5.07. The van der Waals surface area contributed by atoms with Crippen molar-refractivity contribution in [2.75, 3.05) is 5.32 Å². The highest BCUT2D eigenvalue weighted by Gasteiger charge is 2.18. The number of hydrogen-bond acceptors (Lipinski definition) is 6. The zero-order valence-corrected chi connectivity index (χ0v) is 16.2. The first kappa shape index (κ1) is 17.3. The first-order valence-electron chi connectivity index (χ1n) is 9.72. The van der Waals surface area contributed by atoms with Crippen LogP contribution in [0.3, 0.4) is 0 Å². The summed E-state index contributed by atoms with van der Waals surface area (Å²) in [5.41, 5.74) is 2.28. The number of nitrogens with zero attached hydrogens (tertiary/aromatic N) is 6. The zero-order valence-electron chi connectivity index (χ0n) is 16.2. The Hall–Kier alpha value is -4.59. The summed E-state index contributed by atoms with van der Waals surface area (Å²) in [6, 6.07) is 22.9. The second-order valence-electron chi connectivity index (χ2n) is 6.99. The van der Waals surface area contributed by atoms with Crippen molar-refractivity contribution < 1.29 is 0 Å². The molecule has 0 radical (unpaired) electrons. The summed E-state index contributed by atoms with van der Waals surface area (Å²) in [6.07, 6.45) is 3.20. The van der Waals surface area contributed by atoms with Gasteiger partial charge in [0.05, 0.1) is 5.52 Å². The first-order valence-corrected chi connectivity index (χ1v) is 9.72. The van der Waals surface area contributed by atoms with Crippen molar-refractivity contribution in [3.05, 3.63) is 95.5 Å². The van der Waals surface area contributed by atoms with E-state index >= 15 is 0 Å². The van der Waals surface area contributed by atoms with Crippen LogP contribution in [0.2, 0.25) is 0 Å². The summed E-state index contributed by atoms with van der Waals surface area (Å²) < 4.78 is 3.30. The molecule has 0 unspecified atom stereocenters. The molecule has 1 N–H and O–H groups in total. The van der Waals surface area contributed by atoms with Gasteiger partial charge in [0.2, 0.25) is 5.95 Å². The van der Waals surface area contributed by atoms with Gasteiger partial charge in [-0.15, -0.1) is 0 Å². The molecule has 8 heteroatoms. The molecule has 0 amide bonds. The second kappa shape index (κ2) is 6.74. The summed E-state index contributed by atoms with van der Waals surface area (Å²) in [4.78, 5) is 31.5. The second-order valence-corrected chi connectivity index (χ2v) is 6.99. The maximum atomic E-state index is 13.5. The Morgan fingerprint density at radius 3 is 2.42 bits per heavy atom. The molecule has 0 aliphatic carbocycles. The predicted octanol–water partition coefficient (Wildman–Crippen LogP) is 3.72. The standard InChI is InChI=1S/C23H15N7O/c31-22-17-14-25-23(26-15-8-2-1-3-9-15)28-20(17)27-21-16-10-4-5-11-18(16)29(30(21)22)19-12-6-7-13-24-19/h1-14H,(H,25,26,28). The molecule has 31 heavy (non-hydrogen) atoms. The lowest BCUT2D eigenvalue weighted by atomic mass is 10.2. The molecule has 0 saturated heterocycles. The molecule has 8 nitrogen and oxygen atoms in total. The van der Waals surface area contributed by atoms with Crippen LogP contribution >= 0.6 is 0 Å². The SMILES string of the molecule is O=c1c2cnc(Nc3ccccc3)nc2nc2c3ccccc3n(-c3ccccn3)n12. The quantitative estimate of drug-likeness (QED) is 0.483. The van der Waals surface area contributed by atoms with E-state index in [-0.39, 0.29) is 5.56 Å². The molecule has 0 bridgehead atoms. The number of pyridine rings is 1. The lowest BCUT2D eigenvalue weighted by molar-refractivity contribution is 0.772. The predicted molar refractivity (Wildman–Crippen MR) is 119 cm³/mol. The van der Waals surface area contributed by atoms with Gasteiger partial charge >= 0.3 is 0 Å². The van der Waals surface area contributed by atoms with Crippen LogP contribution < -0.4 is 10.9 Å². The number of aromatic nitrogens is 6. The highest BCUT2D eigenvalue weighted by atomic mass is 16.1. The normalized spacial score (nSPS) is 11.4. The minimum absolute atomic E-state index is 0.256. The Bertz CT molecular complexity index is 1620. The maximum Gasteiger partial charge on any atom is 0.284 e. The number of nitrogens with one attached hydrogen (secondary N) is 1. The molecule has 0 aliphatic rings. The first-order chi connectivity index (χ1) is 15.3. The molecular weight excluding hydrogens is 390 g/mol. The van der Waals surface area contributed by atoms with Gasteiger partial charge in [0.1, 0.15) is 5.39 Å². The van der Waals surface area contributed by atoms with Gasteiger partial charge in [-0.2, -0.15) is 9.50 Å². The third-order valence-electron chi connectivity index (χ3n) is 5.07. The van der Waals surface area contributed by atoms with Crippen LogP contribution in [0.1, 0.15) is 0 Å². The Labute approximate surface area is 175 Å². The number of rotatable bonds is 3. The van der Waals surface area contributed by atoms with E-state index < -0.39 is 0 Å². The highest BCUT2D eigenvalue weighted by Crippen LogP contribution is 2.24. The molecule has 0 saturated carbocycles. The number of para-hydroxylation sites is 2. The monoisotopic (exact) mass is 405 g/mol. The van der Waals surface area contributed by atoms with Crippen molar-refractivity contribution in [1.82, 2.24) is 29.1 Å². The van der Waals surface area contributed by atoms with Gasteiger partial charge < -0.3 is 5.32 Å². The fraction of sp³-hybridized carbons (Fsp3) is 0. The van der Waals surface area contributed by atoms with Crippen molar-refractivity contribution in [1.29, 1.82) is 0 Å². The fourth-order valence-electron chi connectivity index (χ4n) is 3.70. The van der Waals surface area contributed by atoms with Gasteiger partial charge in [-0.05, 0) is 36.4 Å². The van der Waals surface area contributed by atoms with E-state index in [2.05, 4.69) is 20.3 Å². The summed E-state index contributed by atoms with van der Waals surface area (Å²) in [7, 11) is 0. The number of anilines is 2. The minimum Gasteiger partial charge on any atom is -0.324 e. The Kier molecular flexibility index (Phi) is 3.76. The van der Waals surface area contributed by atoms with Gasteiger partial charge in [0, 0.05) is 23.5 Å². The van der Waals surface area contributed by atoms with E-state index in [1.807, 2.05) is 72.8 Å². The molecule has 6 rings (SSSR count). The van der Waals surface area contributed by atoms with Gasteiger partial charge in [-0.25, -0.2) is 19.6 Å². The van der Waals surface area contributed by atoms with E-state index in [0.717, 1.165) is 16.6 Å². The number of fused-ring (bicyclic) bond motifs is 4. The lowest BCUT2D eigenvalue weighted by Gasteiger charge is -2.08. The zero-order chi connectivity index (χ0) is 20.8. The molecule has 6 aromatic rings. The highest BCUT2D eigenvalue weighted by molar-refractivity contribution is 5.95. The summed E-state index contributed by atoms with van der Waals surface area (Å²) >= 11 is 0. The van der Waals surface area contributed by atoms with Crippen molar-refractivity contribution in [2.24, 2.45) is 0 Å². The van der Waals surface area contributed by atoms with E-state index in [0.29, 0.717) is 28.4 Å². The molecular formula is C23H15N7O. The van der Waals surface area contributed by atoms with Crippen LogP contribution in [0.25, 0.3) is 33.4 Å². The summed E-state index contributed by atoms with van der Waals surface area (Å²) in [5, 5.41) is 4.31. The summed E-state index contributed by atoms with van der Waals surface area (Å²) in [5.74, 6) is 1.00. The van der Waals surface area contributed by atoms with Crippen molar-refractivity contribution in [2.45, 2.75) is 0 Å². The molecule has 0 spiro atoms. The van der Waals surface area contributed by atoms with Crippen molar-refractivity contribution >= 4 is 39.2 Å². The number of benzene rings is 2. The summed E-state index contributed by atoms with van der Waals surface area (Å²) in [6.45, 7) is 0. The van der Waals surface area contributed by atoms with Crippen molar-refractivity contribution in [3.8, 4) is 5.82 Å². The van der Waals surface area contributed by atoms with Crippen LogP contribution in [0.5, 0.6) is 0 Å². The molecule has 0 fully saturated rings. The van der Waals surface area contributed by atoms with Gasteiger partial charge in [-0.3, -0.25) is 4.79 Å². The molecule has 2 aromatic carbocycles. The van der Waals surface area contributed by atoms with Crippen LogP contribution in [0.4, 0.5) is 11.6 Å². The van der Waals surface area contributed by atoms with Crippen molar-refractivity contribution in [3.63, 3.8) is 0 Å². The molecule has 4 aromatic heterocycles. The fourth-order valence-corrected chi connectivity index (χ4v) is 3.70. The minimum atomic E-state index is -0.256. The largest absolute Gasteiger partial charge is 0.324 e. The van der Waals surface area contributed by atoms with Crippen LogP contribution in [-0.2, 0) is 0 Å². The smallest absolute Gasteiger partial charge is 0.284 e. The van der Waals surface area contributed by atoms with E-state index in [4.69, 9.17) is 4.98 Å². The topological polar surface area (TPSA) is 90.0 Å². The Morgan fingerprint density at radius 2 is 1.58 bits per heavy atom. The molecule has 4 heterocycles. The van der Waals surface area contributed by atoms with Gasteiger partial charge in [0.25, 0.3) is 5.56 Å². The van der Waals surface area contributed by atoms with Gasteiger partial charge in [-0.1, -0.05) is 36.4 Å². The van der Waals surface area contributed by atoms with Crippen LogP contribution in [0.15, 0.2) is 90.0 Å². The average molecular weight is 405 g/mol. The van der Waals surface area contributed by atoms with Crippen LogP contribution in [-0.4, -0.2) is 29.1 Å². The van der Waals surface area contributed by atoms with E-state index in [1.54, 1.807) is 10.9 Å².